The van der Waals surface area contributed by atoms with E-state index in [-0.39, 0.29) is 0 Å². The zero-order valence-electron chi connectivity index (χ0n) is 12.0. The number of carbonyl (C=O) groups is 2. The molecule has 1 atom stereocenters. The maximum atomic E-state index is 11.7. The first kappa shape index (κ1) is 15.8. The standard InChI is InChI=1S/C13H25N3O3/c1-13(2,3)10(11(17)18)15-12(19)14-6-9-16-7-4-5-8-16/h10H,4-9H2,1-3H3,(H,17,18)(H2,14,15,19). The maximum absolute atomic E-state index is 11.7. The van der Waals surface area contributed by atoms with Crippen molar-refractivity contribution < 1.29 is 14.7 Å². The normalized spacial score (nSPS) is 18.1. The van der Waals surface area contributed by atoms with Crippen LogP contribution in [0.15, 0.2) is 0 Å². The van der Waals surface area contributed by atoms with Crippen molar-refractivity contribution in [2.45, 2.75) is 39.7 Å². The van der Waals surface area contributed by atoms with Crippen molar-refractivity contribution in [3.8, 4) is 0 Å². The van der Waals surface area contributed by atoms with E-state index in [1.165, 1.54) is 12.8 Å². The Morgan fingerprint density at radius 1 is 1.26 bits per heavy atom. The van der Waals surface area contributed by atoms with Crippen molar-refractivity contribution in [1.82, 2.24) is 15.5 Å². The van der Waals surface area contributed by atoms with Crippen molar-refractivity contribution >= 4 is 12.0 Å². The van der Waals surface area contributed by atoms with E-state index in [0.29, 0.717) is 6.54 Å². The number of amides is 2. The van der Waals surface area contributed by atoms with E-state index in [0.717, 1.165) is 19.6 Å². The summed E-state index contributed by atoms with van der Waals surface area (Å²) in [5, 5.41) is 14.3. The monoisotopic (exact) mass is 271 g/mol. The van der Waals surface area contributed by atoms with Crippen LogP contribution in [-0.2, 0) is 4.79 Å². The first-order chi connectivity index (χ1) is 8.80. The number of urea groups is 1. The van der Waals surface area contributed by atoms with Gasteiger partial charge in [-0.1, -0.05) is 20.8 Å². The molecule has 2 amide bonds. The van der Waals surface area contributed by atoms with Crippen molar-refractivity contribution in [2.75, 3.05) is 26.2 Å². The summed E-state index contributed by atoms with van der Waals surface area (Å²) in [7, 11) is 0. The molecule has 0 spiro atoms. The Morgan fingerprint density at radius 3 is 2.32 bits per heavy atom. The van der Waals surface area contributed by atoms with Gasteiger partial charge in [0.15, 0.2) is 0 Å². The third-order valence-corrected chi connectivity index (χ3v) is 3.30. The molecule has 1 fully saturated rings. The molecule has 1 aliphatic rings. The molecule has 1 rings (SSSR count). The molecular weight excluding hydrogens is 246 g/mol. The van der Waals surface area contributed by atoms with E-state index in [2.05, 4.69) is 15.5 Å². The predicted octanol–water partition coefficient (Wildman–Crippen LogP) is 0.881. The Labute approximate surface area is 114 Å². The number of nitrogens with zero attached hydrogens (tertiary/aromatic N) is 1. The Balaban J connectivity index is 2.30. The molecule has 0 aromatic rings. The highest BCUT2D eigenvalue weighted by Gasteiger charge is 2.32. The summed E-state index contributed by atoms with van der Waals surface area (Å²) >= 11 is 0. The molecule has 0 radical (unpaired) electrons. The Hall–Kier alpha value is -1.30. The van der Waals surface area contributed by atoms with Gasteiger partial charge >= 0.3 is 12.0 Å². The van der Waals surface area contributed by atoms with Gasteiger partial charge in [-0.2, -0.15) is 0 Å². The fourth-order valence-corrected chi connectivity index (χ4v) is 2.16. The van der Waals surface area contributed by atoms with Gasteiger partial charge in [0.05, 0.1) is 0 Å². The molecule has 1 saturated heterocycles. The highest BCUT2D eigenvalue weighted by atomic mass is 16.4. The minimum Gasteiger partial charge on any atom is -0.480 e. The topological polar surface area (TPSA) is 81.7 Å². The molecule has 0 saturated carbocycles. The van der Waals surface area contributed by atoms with E-state index in [9.17, 15) is 9.59 Å². The molecule has 3 N–H and O–H groups in total. The summed E-state index contributed by atoms with van der Waals surface area (Å²) in [5.41, 5.74) is -0.516. The number of aliphatic carboxylic acids is 1. The van der Waals surface area contributed by atoms with Crippen LogP contribution in [0.1, 0.15) is 33.6 Å². The number of hydrogen-bond acceptors (Lipinski definition) is 3. The van der Waals surface area contributed by atoms with Crippen LogP contribution in [0.3, 0.4) is 0 Å². The lowest BCUT2D eigenvalue weighted by Gasteiger charge is -2.27. The molecule has 0 aromatic heterocycles. The van der Waals surface area contributed by atoms with Crippen LogP contribution in [0, 0.1) is 5.41 Å². The molecule has 1 aliphatic heterocycles. The van der Waals surface area contributed by atoms with Crippen LogP contribution in [-0.4, -0.2) is 54.2 Å². The molecule has 1 heterocycles. The van der Waals surface area contributed by atoms with Gasteiger partial charge in [-0.3, -0.25) is 0 Å². The summed E-state index contributed by atoms with van der Waals surface area (Å²) in [6.07, 6.45) is 2.44. The van der Waals surface area contributed by atoms with Gasteiger partial charge in [0.2, 0.25) is 0 Å². The SMILES string of the molecule is CC(C)(C)C(NC(=O)NCCN1CCCC1)C(=O)O. The maximum Gasteiger partial charge on any atom is 0.326 e. The third kappa shape index (κ3) is 5.46. The summed E-state index contributed by atoms with van der Waals surface area (Å²) < 4.78 is 0. The zero-order chi connectivity index (χ0) is 14.5. The van der Waals surface area contributed by atoms with E-state index in [1.807, 2.05) is 0 Å². The first-order valence-electron chi connectivity index (χ1n) is 6.80. The van der Waals surface area contributed by atoms with E-state index in [4.69, 9.17) is 5.11 Å². The van der Waals surface area contributed by atoms with Crippen molar-refractivity contribution in [2.24, 2.45) is 5.41 Å². The lowest BCUT2D eigenvalue weighted by Crippen LogP contribution is -2.52. The lowest BCUT2D eigenvalue weighted by molar-refractivity contribution is -0.141. The molecule has 110 valence electrons. The first-order valence-corrected chi connectivity index (χ1v) is 6.80. The highest BCUT2D eigenvalue weighted by Crippen LogP contribution is 2.19. The summed E-state index contributed by atoms with van der Waals surface area (Å²) in [6, 6.07) is -1.30. The van der Waals surface area contributed by atoms with Crippen LogP contribution in [0.4, 0.5) is 4.79 Å². The van der Waals surface area contributed by atoms with Gasteiger partial charge in [0, 0.05) is 13.1 Å². The molecule has 0 aliphatic carbocycles. The van der Waals surface area contributed by atoms with Crippen LogP contribution in [0.25, 0.3) is 0 Å². The second-order valence-electron chi connectivity index (χ2n) is 6.09. The smallest absolute Gasteiger partial charge is 0.326 e. The molecule has 1 unspecified atom stereocenters. The quantitative estimate of drug-likeness (QED) is 0.693. The van der Waals surface area contributed by atoms with Crippen LogP contribution >= 0.6 is 0 Å². The average Bonchev–Trinajstić information content (AvgIpc) is 2.77. The second kappa shape index (κ2) is 6.75. The number of nitrogens with one attached hydrogen (secondary N) is 2. The molecule has 19 heavy (non-hydrogen) atoms. The van der Waals surface area contributed by atoms with Crippen molar-refractivity contribution in [3.63, 3.8) is 0 Å². The Kier molecular flexibility index (Phi) is 5.60. The summed E-state index contributed by atoms with van der Waals surface area (Å²) in [4.78, 5) is 25.1. The molecule has 0 bridgehead atoms. The van der Waals surface area contributed by atoms with Crippen molar-refractivity contribution in [1.29, 1.82) is 0 Å². The largest absolute Gasteiger partial charge is 0.480 e. The number of carbonyl (C=O) groups excluding carboxylic acids is 1. The third-order valence-electron chi connectivity index (χ3n) is 3.30. The van der Waals surface area contributed by atoms with E-state index in [1.54, 1.807) is 20.8 Å². The molecule has 0 aromatic carbocycles. The van der Waals surface area contributed by atoms with Crippen LogP contribution in [0.2, 0.25) is 0 Å². The van der Waals surface area contributed by atoms with Crippen molar-refractivity contribution in [3.05, 3.63) is 0 Å². The van der Waals surface area contributed by atoms with E-state index >= 15 is 0 Å². The lowest BCUT2D eigenvalue weighted by atomic mass is 9.87. The minimum atomic E-state index is -1.01. The van der Waals surface area contributed by atoms with Crippen LogP contribution in [0.5, 0.6) is 0 Å². The number of likely N-dealkylation sites (tertiary alicyclic amines) is 1. The van der Waals surface area contributed by atoms with Gasteiger partial charge in [0.25, 0.3) is 0 Å². The minimum absolute atomic E-state index is 0.415. The van der Waals surface area contributed by atoms with Crippen LogP contribution < -0.4 is 10.6 Å². The van der Waals surface area contributed by atoms with Gasteiger partial charge in [-0.05, 0) is 31.3 Å². The van der Waals surface area contributed by atoms with E-state index < -0.39 is 23.5 Å². The van der Waals surface area contributed by atoms with Gasteiger partial charge in [-0.15, -0.1) is 0 Å². The predicted molar refractivity (Wildman–Crippen MR) is 73.1 cm³/mol. The highest BCUT2D eigenvalue weighted by molar-refractivity contribution is 5.83. The summed E-state index contributed by atoms with van der Waals surface area (Å²) in [5.74, 6) is -1.01. The van der Waals surface area contributed by atoms with Gasteiger partial charge in [-0.25, -0.2) is 9.59 Å². The average molecular weight is 271 g/mol. The number of carboxylic acids is 1. The zero-order valence-corrected chi connectivity index (χ0v) is 12.0. The Morgan fingerprint density at radius 2 is 1.84 bits per heavy atom. The Bertz CT molecular complexity index is 320. The summed E-state index contributed by atoms with van der Waals surface area (Å²) in [6.45, 7) is 8.90. The fourth-order valence-electron chi connectivity index (χ4n) is 2.16. The molecule has 6 nitrogen and oxygen atoms in total. The molecule has 6 heteroatoms. The van der Waals surface area contributed by atoms with Gasteiger partial charge < -0.3 is 20.6 Å². The number of hydrogen-bond donors (Lipinski definition) is 3. The molecular formula is C13H25N3O3. The number of rotatable bonds is 5. The second-order valence-corrected chi connectivity index (χ2v) is 6.09. The fraction of sp³-hybridized carbons (Fsp3) is 0.846. The van der Waals surface area contributed by atoms with Gasteiger partial charge in [0.1, 0.15) is 6.04 Å². The number of carboxylic acid groups (broad SMARTS) is 1.